The predicted molar refractivity (Wildman–Crippen MR) is 92.1 cm³/mol. The van der Waals surface area contributed by atoms with E-state index in [2.05, 4.69) is 26.2 Å². The van der Waals surface area contributed by atoms with Crippen molar-refractivity contribution in [2.45, 2.75) is 12.5 Å². The molecule has 6 heteroatoms. The molecule has 1 aromatic heterocycles. The molecule has 0 aliphatic carbocycles. The molecule has 1 atom stereocenters. The van der Waals surface area contributed by atoms with Gasteiger partial charge in [-0.2, -0.15) is 5.10 Å². The molecule has 6 nitrogen and oxygen atoms in total. The molecule has 0 fully saturated rings. The van der Waals surface area contributed by atoms with Gasteiger partial charge in [-0.15, -0.1) is 0 Å². The van der Waals surface area contributed by atoms with Crippen LogP contribution in [-0.2, 0) is 11.2 Å². The molecule has 0 unspecified atom stereocenters. The van der Waals surface area contributed by atoms with E-state index in [4.69, 9.17) is 0 Å². The minimum Gasteiger partial charge on any atom is -0.347 e. The summed E-state index contributed by atoms with van der Waals surface area (Å²) in [6.07, 6.45) is 5.41. The van der Waals surface area contributed by atoms with Crippen molar-refractivity contribution in [2.75, 3.05) is 0 Å². The van der Waals surface area contributed by atoms with Crippen molar-refractivity contribution in [3.63, 3.8) is 0 Å². The van der Waals surface area contributed by atoms with E-state index in [1.54, 1.807) is 18.6 Å². The number of benzene rings is 2. The predicted octanol–water partition coefficient (Wildman–Crippen LogP) is 0.933. The van der Waals surface area contributed by atoms with Crippen LogP contribution in [0.25, 0.3) is 11.0 Å². The van der Waals surface area contributed by atoms with Crippen molar-refractivity contribution in [1.82, 2.24) is 15.4 Å². The SMILES string of the molecule is [NH3+][C@@H](Cc1ccccc1)C(=O)NN=Cc1cccc2nccnc12. The zero-order valence-electron chi connectivity index (χ0n) is 13.1. The average Bonchev–Trinajstić information content (AvgIpc) is 2.62. The maximum atomic E-state index is 12.1. The number of hydrazone groups is 1. The summed E-state index contributed by atoms with van der Waals surface area (Å²) in [7, 11) is 0. The van der Waals surface area contributed by atoms with E-state index >= 15 is 0 Å². The van der Waals surface area contributed by atoms with Gasteiger partial charge < -0.3 is 5.73 Å². The van der Waals surface area contributed by atoms with Gasteiger partial charge in [-0.1, -0.05) is 42.5 Å². The number of para-hydroxylation sites is 1. The standard InChI is InChI=1S/C18H17N5O/c19-15(11-13-5-2-1-3-6-13)18(24)23-22-12-14-7-4-8-16-17(14)21-10-9-20-16/h1-10,12,15H,11,19H2,(H,23,24)/p+1/t15-/m0/s1. The Balaban J connectivity index is 1.64. The van der Waals surface area contributed by atoms with Gasteiger partial charge in [-0.05, 0) is 11.6 Å². The van der Waals surface area contributed by atoms with Crippen LogP contribution >= 0.6 is 0 Å². The highest BCUT2D eigenvalue weighted by Gasteiger charge is 2.16. The molecule has 0 bridgehead atoms. The number of carbonyl (C=O) groups is 1. The number of aromatic nitrogens is 2. The van der Waals surface area contributed by atoms with Crippen LogP contribution in [0.1, 0.15) is 11.1 Å². The van der Waals surface area contributed by atoms with E-state index in [9.17, 15) is 4.79 Å². The summed E-state index contributed by atoms with van der Waals surface area (Å²) in [6, 6.07) is 15.0. The Kier molecular flexibility index (Phi) is 4.88. The van der Waals surface area contributed by atoms with Gasteiger partial charge in [0.2, 0.25) is 0 Å². The highest BCUT2D eigenvalue weighted by molar-refractivity contribution is 5.96. The minimum absolute atomic E-state index is 0.221. The molecule has 1 heterocycles. The van der Waals surface area contributed by atoms with Gasteiger partial charge in [0, 0.05) is 24.4 Å². The summed E-state index contributed by atoms with van der Waals surface area (Å²) < 4.78 is 0. The van der Waals surface area contributed by atoms with Crippen LogP contribution in [0, 0.1) is 0 Å². The zero-order valence-corrected chi connectivity index (χ0v) is 13.1. The molecule has 3 rings (SSSR count). The van der Waals surface area contributed by atoms with Crippen LogP contribution in [0.5, 0.6) is 0 Å². The normalized spacial score (nSPS) is 12.4. The molecule has 4 N–H and O–H groups in total. The van der Waals surface area contributed by atoms with Gasteiger partial charge >= 0.3 is 0 Å². The Morgan fingerprint density at radius 2 is 1.92 bits per heavy atom. The Bertz CT molecular complexity index is 858. The first-order chi connectivity index (χ1) is 11.7. The molecule has 0 radical (unpaired) electrons. The van der Waals surface area contributed by atoms with Crippen LogP contribution in [0.4, 0.5) is 0 Å². The largest absolute Gasteiger partial charge is 0.347 e. The topological polar surface area (TPSA) is 94.9 Å². The second kappa shape index (κ2) is 7.43. The highest BCUT2D eigenvalue weighted by Crippen LogP contribution is 2.11. The third-order valence-electron chi connectivity index (χ3n) is 3.60. The van der Waals surface area contributed by atoms with E-state index in [1.165, 1.54) is 0 Å². The van der Waals surface area contributed by atoms with E-state index < -0.39 is 6.04 Å². The fraction of sp³-hybridized carbons (Fsp3) is 0.111. The number of hydrogen-bond acceptors (Lipinski definition) is 4. The van der Waals surface area contributed by atoms with Gasteiger partial charge in [0.15, 0.2) is 6.04 Å². The second-order valence-corrected chi connectivity index (χ2v) is 5.39. The third kappa shape index (κ3) is 3.80. The van der Waals surface area contributed by atoms with Crippen molar-refractivity contribution in [3.05, 3.63) is 72.1 Å². The number of quaternary nitrogens is 1. The van der Waals surface area contributed by atoms with Gasteiger partial charge in [0.25, 0.3) is 5.91 Å². The number of amides is 1. The molecule has 0 aliphatic heterocycles. The summed E-state index contributed by atoms with van der Waals surface area (Å²) >= 11 is 0. The summed E-state index contributed by atoms with van der Waals surface area (Å²) in [5, 5.41) is 4.02. The number of fused-ring (bicyclic) bond motifs is 1. The first-order valence-electron chi connectivity index (χ1n) is 7.63. The second-order valence-electron chi connectivity index (χ2n) is 5.39. The summed E-state index contributed by atoms with van der Waals surface area (Å²) in [5.41, 5.74) is 9.83. The van der Waals surface area contributed by atoms with Crippen LogP contribution in [0.3, 0.4) is 0 Å². The van der Waals surface area contributed by atoms with Crippen LogP contribution < -0.4 is 11.2 Å². The number of rotatable bonds is 5. The maximum Gasteiger partial charge on any atom is 0.298 e. The lowest BCUT2D eigenvalue weighted by Crippen LogP contribution is -2.68. The molecule has 120 valence electrons. The first kappa shape index (κ1) is 15.8. The fourth-order valence-electron chi connectivity index (χ4n) is 2.37. The molecule has 1 amide bonds. The quantitative estimate of drug-likeness (QED) is 0.541. The van der Waals surface area contributed by atoms with Crippen molar-refractivity contribution >= 4 is 23.2 Å². The Morgan fingerprint density at radius 3 is 2.75 bits per heavy atom. The molecule has 2 aromatic carbocycles. The average molecular weight is 320 g/mol. The lowest BCUT2D eigenvalue weighted by Gasteiger charge is -2.06. The van der Waals surface area contributed by atoms with Gasteiger partial charge in [-0.25, -0.2) is 5.43 Å². The van der Waals surface area contributed by atoms with Crippen LogP contribution in [0.2, 0.25) is 0 Å². The molecule has 24 heavy (non-hydrogen) atoms. The van der Waals surface area contributed by atoms with Crippen molar-refractivity contribution in [3.8, 4) is 0 Å². The van der Waals surface area contributed by atoms with Gasteiger partial charge in [-0.3, -0.25) is 14.8 Å². The summed E-state index contributed by atoms with van der Waals surface area (Å²) in [6.45, 7) is 0. The Hall–Kier alpha value is -3.12. The smallest absolute Gasteiger partial charge is 0.298 e. The van der Waals surface area contributed by atoms with Gasteiger partial charge in [0.1, 0.15) is 0 Å². The zero-order chi connectivity index (χ0) is 16.8. The van der Waals surface area contributed by atoms with Crippen molar-refractivity contribution in [1.29, 1.82) is 0 Å². The van der Waals surface area contributed by atoms with Gasteiger partial charge in [0.05, 0.1) is 17.2 Å². The third-order valence-corrected chi connectivity index (χ3v) is 3.60. The van der Waals surface area contributed by atoms with E-state index in [-0.39, 0.29) is 5.91 Å². The molecule has 0 spiro atoms. The minimum atomic E-state index is -0.406. The highest BCUT2D eigenvalue weighted by atomic mass is 16.2. The van der Waals surface area contributed by atoms with Crippen molar-refractivity contribution < 1.29 is 10.5 Å². The maximum absolute atomic E-state index is 12.1. The summed E-state index contributed by atoms with van der Waals surface area (Å²) in [5.74, 6) is -0.221. The molecular formula is C18H18N5O+. The molecular weight excluding hydrogens is 302 g/mol. The molecule has 0 saturated heterocycles. The lowest BCUT2D eigenvalue weighted by molar-refractivity contribution is -0.403. The molecule has 0 saturated carbocycles. The number of nitrogens with zero attached hydrogens (tertiary/aromatic N) is 3. The number of carbonyl (C=O) groups excluding carboxylic acids is 1. The van der Waals surface area contributed by atoms with Crippen LogP contribution in [-0.4, -0.2) is 28.1 Å². The molecule has 3 aromatic rings. The first-order valence-corrected chi connectivity index (χ1v) is 7.63. The number of hydrogen-bond donors (Lipinski definition) is 2. The Morgan fingerprint density at radius 1 is 1.12 bits per heavy atom. The fourth-order valence-corrected chi connectivity index (χ4v) is 2.37. The Labute approximate surface area is 139 Å². The van der Waals surface area contributed by atoms with E-state index in [1.807, 2.05) is 48.5 Å². The van der Waals surface area contributed by atoms with E-state index in [0.29, 0.717) is 6.42 Å². The van der Waals surface area contributed by atoms with Crippen molar-refractivity contribution in [2.24, 2.45) is 5.10 Å². The number of nitrogens with one attached hydrogen (secondary N) is 1. The monoisotopic (exact) mass is 320 g/mol. The lowest BCUT2D eigenvalue weighted by atomic mass is 10.1. The van der Waals surface area contributed by atoms with E-state index in [0.717, 1.165) is 22.2 Å². The summed E-state index contributed by atoms with van der Waals surface area (Å²) in [4.78, 5) is 20.6. The molecule has 0 aliphatic rings. The van der Waals surface area contributed by atoms with Crippen LogP contribution in [0.15, 0.2) is 66.0 Å².